The predicted molar refractivity (Wildman–Crippen MR) is 104 cm³/mol. The molecular formula is C21H29NO3S. The zero-order valence-electron chi connectivity index (χ0n) is 15.8. The summed E-state index contributed by atoms with van der Waals surface area (Å²) < 4.78 is 12.2. The van der Waals surface area contributed by atoms with E-state index in [1.807, 2.05) is 35.4 Å². The number of benzene rings is 1. The summed E-state index contributed by atoms with van der Waals surface area (Å²) >= 11 is 1.69. The number of ether oxygens (including phenoxy) is 2. The van der Waals surface area contributed by atoms with E-state index in [9.17, 15) is 4.79 Å². The number of carbonyl (C=O) groups is 1. The second kappa shape index (κ2) is 7.53. The van der Waals surface area contributed by atoms with Crippen molar-refractivity contribution < 1.29 is 14.3 Å². The minimum Gasteiger partial charge on any atom is -0.378 e. The molecule has 1 aromatic rings. The number of thioether (sulfide) groups is 1. The second-order valence-electron chi connectivity index (χ2n) is 7.93. The summed E-state index contributed by atoms with van der Waals surface area (Å²) in [6.07, 6.45) is 8.79. The number of nitrogens with zero attached hydrogens (tertiary/aromatic N) is 1. The highest BCUT2D eigenvalue weighted by Gasteiger charge is 2.52. The molecule has 0 radical (unpaired) electrons. The molecular weight excluding hydrogens is 346 g/mol. The third kappa shape index (κ3) is 3.54. The maximum atomic E-state index is 13.2. The minimum absolute atomic E-state index is 0.123. The van der Waals surface area contributed by atoms with Gasteiger partial charge in [-0.2, -0.15) is 0 Å². The molecule has 4 rings (SSSR count). The number of fused-ring (bicyclic) bond motifs is 1. The standard InChI is InChI=1S/C21H29NO3S/c1-24-21-10-9-17(25-14-15-3-4-15)13-19(21)22(12-11-21)20(23)16-5-7-18(26-2)8-6-16/h5-8,15,17,19H,3-4,9-14H2,1-2H3. The van der Waals surface area contributed by atoms with E-state index in [2.05, 4.69) is 0 Å². The van der Waals surface area contributed by atoms with Crippen LogP contribution >= 0.6 is 11.8 Å². The third-order valence-corrected chi connectivity index (χ3v) is 7.15. The van der Waals surface area contributed by atoms with E-state index in [0.29, 0.717) is 0 Å². The van der Waals surface area contributed by atoms with Crippen LogP contribution in [-0.4, -0.2) is 55.1 Å². The molecule has 3 unspecified atom stereocenters. The first-order valence-electron chi connectivity index (χ1n) is 9.77. The first kappa shape index (κ1) is 18.3. The van der Waals surface area contributed by atoms with Crippen molar-refractivity contribution in [2.45, 2.75) is 61.2 Å². The Bertz CT molecular complexity index is 645. The van der Waals surface area contributed by atoms with Gasteiger partial charge in [-0.25, -0.2) is 0 Å². The van der Waals surface area contributed by atoms with Crippen molar-refractivity contribution in [3.8, 4) is 0 Å². The number of likely N-dealkylation sites (tertiary alicyclic amines) is 1. The molecule has 5 heteroatoms. The van der Waals surface area contributed by atoms with Crippen LogP contribution in [0.2, 0.25) is 0 Å². The summed E-state index contributed by atoms with van der Waals surface area (Å²) in [5.41, 5.74) is 0.588. The third-order valence-electron chi connectivity index (χ3n) is 6.40. The van der Waals surface area contributed by atoms with E-state index in [1.165, 1.54) is 17.7 Å². The lowest BCUT2D eigenvalue weighted by Crippen LogP contribution is -2.53. The van der Waals surface area contributed by atoms with E-state index in [0.717, 1.165) is 50.3 Å². The molecule has 26 heavy (non-hydrogen) atoms. The van der Waals surface area contributed by atoms with Gasteiger partial charge in [0, 0.05) is 30.7 Å². The first-order valence-corrected chi connectivity index (χ1v) is 11.0. The molecule has 1 aliphatic heterocycles. The highest BCUT2D eigenvalue weighted by Crippen LogP contribution is 2.44. The van der Waals surface area contributed by atoms with Gasteiger partial charge in [-0.3, -0.25) is 4.79 Å². The molecule has 0 bridgehead atoms. The van der Waals surface area contributed by atoms with Crippen LogP contribution < -0.4 is 0 Å². The zero-order chi connectivity index (χ0) is 18.1. The molecule has 3 fully saturated rings. The molecule has 0 aromatic heterocycles. The van der Waals surface area contributed by atoms with Gasteiger partial charge in [0.1, 0.15) is 0 Å². The average molecular weight is 376 g/mol. The lowest BCUT2D eigenvalue weighted by Gasteiger charge is -2.43. The van der Waals surface area contributed by atoms with Gasteiger partial charge in [-0.15, -0.1) is 11.8 Å². The Balaban J connectivity index is 1.48. The van der Waals surface area contributed by atoms with Crippen molar-refractivity contribution in [2.24, 2.45) is 5.92 Å². The summed E-state index contributed by atoms with van der Waals surface area (Å²) in [7, 11) is 1.81. The van der Waals surface area contributed by atoms with E-state index < -0.39 is 0 Å². The Labute approximate surface area is 160 Å². The van der Waals surface area contributed by atoms with Gasteiger partial charge in [0.25, 0.3) is 5.91 Å². The SMILES string of the molecule is COC12CCC(OCC3CC3)CC1N(C(=O)c1ccc(SC)cc1)CC2. The Morgan fingerprint density at radius 3 is 2.65 bits per heavy atom. The molecule has 3 atom stereocenters. The van der Waals surface area contributed by atoms with Crippen LogP contribution in [0.1, 0.15) is 48.9 Å². The van der Waals surface area contributed by atoms with Crippen molar-refractivity contribution in [3.05, 3.63) is 29.8 Å². The number of hydrogen-bond acceptors (Lipinski definition) is 4. The summed E-state index contributed by atoms with van der Waals surface area (Å²) in [5, 5.41) is 0. The van der Waals surface area contributed by atoms with Gasteiger partial charge in [0.05, 0.1) is 17.7 Å². The highest BCUT2D eigenvalue weighted by atomic mass is 32.2. The Hall–Kier alpha value is -1.04. The Morgan fingerprint density at radius 2 is 2.00 bits per heavy atom. The predicted octanol–water partition coefficient (Wildman–Crippen LogP) is 3.99. The zero-order valence-corrected chi connectivity index (χ0v) is 16.6. The Kier molecular flexibility index (Phi) is 5.31. The van der Waals surface area contributed by atoms with Gasteiger partial charge < -0.3 is 14.4 Å². The van der Waals surface area contributed by atoms with Crippen molar-refractivity contribution in [1.29, 1.82) is 0 Å². The van der Waals surface area contributed by atoms with E-state index >= 15 is 0 Å². The topological polar surface area (TPSA) is 38.8 Å². The summed E-state index contributed by atoms with van der Waals surface area (Å²) in [4.78, 5) is 16.4. The quantitative estimate of drug-likeness (QED) is 0.705. The number of methoxy groups -OCH3 is 1. The van der Waals surface area contributed by atoms with Gasteiger partial charge >= 0.3 is 0 Å². The van der Waals surface area contributed by atoms with Gasteiger partial charge in [0.2, 0.25) is 0 Å². The fraction of sp³-hybridized carbons (Fsp3) is 0.667. The molecule has 142 valence electrons. The summed E-state index contributed by atoms with van der Waals surface area (Å²) in [6, 6.07) is 8.08. The number of hydrogen-bond donors (Lipinski definition) is 0. The maximum Gasteiger partial charge on any atom is 0.254 e. The van der Waals surface area contributed by atoms with Crippen LogP contribution in [0, 0.1) is 5.92 Å². The molecule has 4 nitrogen and oxygen atoms in total. The normalized spacial score (nSPS) is 31.1. The van der Waals surface area contributed by atoms with E-state index in [1.54, 1.807) is 18.9 Å². The highest BCUT2D eigenvalue weighted by molar-refractivity contribution is 7.98. The largest absolute Gasteiger partial charge is 0.378 e. The first-order chi connectivity index (χ1) is 12.6. The van der Waals surface area contributed by atoms with Crippen LogP contribution in [-0.2, 0) is 9.47 Å². The van der Waals surface area contributed by atoms with Crippen LogP contribution in [0.4, 0.5) is 0 Å². The number of carbonyl (C=O) groups excluding carboxylic acids is 1. The Morgan fingerprint density at radius 1 is 1.23 bits per heavy atom. The monoisotopic (exact) mass is 375 g/mol. The van der Waals surface area contributed by atoms with Crippen molar-refractivity contribution in [3.63, 3.8) is 0 Å². The van der Waals surface area contributed by atoms with Crippen LogP contribution in [0.5, 0.6) is 0 Å². The van der Waals surface area contributed by atoms with Crippen LogP contribution in [0.15, 0.2) is 29.2 Å². The van der Waals surface area contributed by atoms with Crippen LogP contribution in [0.25, 0.3) is 0 Å². The molecule has 2 aliphatic carbocycles. The smallest absolute Gasteiger partial charge is 0.254 e. The molecule has 1 saturated heterocycles. The number of amides is 1. The van der Waals surface area contributed by atoms with Gasteiger partial charge in [-0.1, -0.05) is 0 Å². The fourth-order valence-electron chi connectivity index (χ4n) is 4.51. The summed E-state index contributed by atoms with van der Waals surface area (Å²) in [5.74, 6) is 0.907. The molecule has 0 spiro atoms. The minimum atomic E-state index is -0.186. The lowest BCUT2D eigenvalue weighted by molar-refractivity contribution is -0.0977. The van der Waals surface area contributed by atoms with Crippen molar-refractivity contribution in [2.75, 3.05) is 26.5 Å². The van der Waals surface area contributed by atoms with E-state index in [-0.39, 0.29) is 23.7 Å². The number of rotatable bonds is 6. The molecule has 2 saturated carbocycles. The summed E-state index contributed by atoms with van der Waals surface area (Å²) in [6.45, 7) is 1.67. The molecule has 3 aliphatic rings. The fourth-order valence-corrected chi connectivity index (χ4v) is 4.92. The molecule has 1 amide bonds. The lowest BCUT2D eigenvalue weighted by atomic mass is 9.79. The molecule has 0 N–H and O–H groups in total. The van der Waals surface area contributed by atoms with Crippen molar-refractivity contribution in [1.82, 2.24) is 4.90 Å². The molecule has 1 aromatic carbocycles. The van der Waals surface area contributed by atoms with Gasteiger partial charge in [0.15, 0.2) is 0 Å². The second-order valence-corrected chi connectivity index (χ2v) is 8.81. The molecule has 1 heterocycles. The van der Waals surface area contributed by atoms with E-state index in [4.69, 9.17) is 9.47 Å². The average Bonchev–Trinajstić information content (AvgIpc) is 3.45. The maximum absolute atomic E-state index is 13.2. The van der Waals surface area contributed by atoms with Crippen molar-refractivity contribution >= 4 is 17.7 Å². The van der Waals surface area contributed by atoms with Gasteiger partial charge in [-0.05, 0) is 75.0 Å². The van der Waals surface area contributed by atoms with Crippen LogP contribution in [0.3, 0.4) is 0 Å².